The van der Waals surface area contributed by atoms with Gasteiger partial charge in [-0.1, -0.05) is 37.1 Å². The van der Waals surface area contributed by atoms with E-state index in [1.165, 1.54) is 18.4 Å². The van der Waals surface area contributed by atoms with Gasteiger partial charge < -0.3 is 14.6 Å². The molecule has 1 spiro atoms. The molecule has 2 atom stereocenters. The van der Waals surface area contributed by atoms with Crippen molar-refractivity contribution in [2.24, 2.45) is 0 Å². The van der Waals surface area contributed by atoms with Crippen LogP contribution >= 0.6 is 0 Å². The van der Waals surface area contributed by atoms with Crippen molar-refractivity contribution in [3.63, 3.8) is 0 Å². The van der Waals surface area contributed by atoms with Crippen LogP contribution in [0.3, 0.4) is 0 Å². The lowest BCUT2D eigenvalue weighted by Crippen LogP contribution is -2.65. The minimum Gasteiger partial charge on any atom is -0.379 e. The van der Waals surface area contributed by atoms with E-state index in [2.05, 4.69) is 12.1 Å². The highest BCUT2D eigenvalue weighted by atomic mass is 16.7. The van der Waals surface area contributed by atoms with Crippen LogP contribution in [0, 0.1) is 0 Å². The van der Waals surface area contributed by atoms with Gasteiger partial charge in [0.1, 0.15) is 0 Å². The fourth-order valence-electron chi connectivity index (χ4n) is 4.33. The molecule has 1 saturated heterocycles. The van der Waals surface area contributed by atoms with Gasteiger partial charge >= 0.3 is 0 Å². The molecule has 0 radical (unpaired) electrons. The van der Waals surface area contributed by atoms with E-state index in [1.54, 1.807) is 0 Å². The highest BCUT2D eigenvalue weighted by Gasteiger charge is 2.65. The van der Waals surface area contributed by atoms with Crippen LogP contribution in [-0.2, 0) is 15.1 Å². The van der Waals surface area contributed by atoms with Crippen LogP contribution in [0.25, 0.3) is 0 Å². The molecule has 1 saturated carbocycles. The second-order valence-corrected chi connectivity index (χ2v) is 6.31. The third-order valence-corrected chi connectivity index (χ3v) is 5.29. The van der Waals surface area contributed by atoms with Gasteiger partial charge in [-0.3, -0.25) is 0 Å². The van der Waals surface area contributed by atoms with Crippen molar-refractivity contribution in [2.75, 3.05) is 13.2 Å². The van der Waals surface area contributed by atoms with Crippen molar-refractivity contribution in [3.05, 3.63) is 35.4 Å². The summed E-state index contributed by atoms with van der Waals surface area (Å²) in [5.74, 6) is -0.651. The standard InChI is InChI=1S/C17H22O3/c18-17-14(13-7-3-4-9-15(13)17)8-2-1-5-10-16(17)19-11-6-12-20-16/h3-4,7,9,14,18H,1-2,5-6,8,10-12H2/t14-,17+/m1/s1. The van der Waals surface area contributed by atoms with Gasteiger partial charge in [-0.15, -0.1) is 0 Å². The molecule has 1 aromatic rings. The number of rotatable bonds is 0. The maximum Gasteiger partial charge on any atom is 0.202 e. The first-order chi connectivity index (χ1) is 9.78. The summed E-state index contributed by atoms with van der Waals surface area (Å²) in [7, 11) is 0. The smallest absolute Gasteiger partial charge is 0.202 e. The van der Waals surface area contributed by atoms with Gasteiger partial charge in [0.15, 0.2) is 5.60 Å². The maximum absolute atomic E-state index is 11.5. The molecule has 1 aliphatic heterocycles. The summed E-state index contributed by atoms with van der Waals surface area (Å²) in [5.41, 5.74) is 1.35. The average Bonchev–Trinajstić information content (AvgIpc) is 2.49. The second kappa shape index (κ2) is 4.55. The largest absolute Gasteiger partial charge is 0.379 e. The predicted octanol–water partition coefficient (Wildman–Crippen LogP) is 3.07. The lowest BCUT2D eigenvalue weighted by atomic mass is 9.57. The Hall–Kier alpha value is -0.900. The molecule has 3 aliphatic rings. The zero-order valence-electron chi connectivity index (χ0n) is 11.8. The van der Waals surface area contributed by atoms with E-state index >= 15 is 0 Å². The Morgan fingerprint density at radius 3 is 2.65 bits per heavy atom. The molecule has 2 aliphatic carbocycles. The van der Waals surface area contributed by atoms with Crippen LogP contribution in [0.4, 0.5) is 0 Å². The zero-order valence-corrected chi connectivity index (χ0v) is 11.8. The van der Waals surface area contributed by atoms with Gasteiger partial charge in [-0.05, 0) is 30.4 Å². The van der Waals surface area contributed by atoms with E-state index in [1.807, 2.05) is 12.1 Å². The van der Waals surface area contributed by atoms with E-state index in [4.69, 9.17) is 9.47 Å². The van der Waals surface area contributed by atoms with Crippen molar-refractivity contribution in [1.29, 1.82) is 0 Å². The monoisotopic (exact) mass is 274 g/mol. The molecular weight excluding hydrogens is 252 g/mol. The molecule has 2 fully saturated rings. The Bertz CT molecular complexity index is 507. The topological polar surface area (TPSA) is 38.7 Å². The number of hydrogen-bond donors (Lipinski definition) is 1. The third-order valence-electron chi connectivity index (χ3n) is 5.29. The van der Waals surface area contributed by atoms with Crippen LogP contribution in [0.5, 0.6) is 0 Å². The highest BCUT2D eigenvalue weighted by molar-refractivity contribution is 5.50. The quantitative estimate of drug-likeness (QED) is 0.790. The third kappa shape index (κ3) is 1.51. The molecule has 108 valence electrons. The average molecular weight is 274 g/mol. The first-order valence-corrected chi connectivity index (χ1v) is 7.88. The predicted molar refractivity (Wildman–Crippen MR) is 75.4 cm³/mol. The lowest BCUT2D eigenvalue weighted by Gasteiger charge is -2.59. The van der Waals surface area contributed by atoms with Crippen molar-refractivity contribution >= 4 is 0 Å². The summed E-state index contributed by atoms with van der Waals surface area (Å²) in [4.78, 5) is 0. The Morgan fingerprint density at radius 1 is 1.00 bits per heavy atom. The van der Waals surface area contributed by atoms with Crippen molar-refractivity contribution in [2.45, 2.75) is 55.8 Å². The first-order valence-electron chi connectivity index (χ1n) is 7.88. The van der Waals surface area contributed by atoms with Crippen molar-refractivity contribution in [3.8, 4) is 0 Å². The SMILES string of the molecule is O[C@]12c3ccccc3[C@H]1CCCCCC21OCCCO1. The summed E-state index contributed by atoms with van der Waals surface area (Å²) in [6.45, 7) is 1.38. The van der Waals surface area contributed by atoms with Crippen LogP contribution in [0.2, 0.25) is 0 Å². The van der Waals surface area contributed by atoms with Crippen LogP contribution in [0.15, 0.2) is 24.3 Å². The Labute approximate surface area is 119 Å². The maximum atomic E-state index is 11.5. The second-order valence-electron chi connectivity index (χ2n) is 6.31. The summed E-state index contributed by atoms with van der Waals surface area (Å²) >= 11 is 0. The Kier molecular flexibility index (Phi) is 2.92. The number of ether oxygens (including phenoxy) is 2. The molecule has 0 bridgehead atoms. The van der Waals surface area contributed by atoms with Gasteiger partial charge in [-0.25, -0.2) is 0 Å². The molecule has 1 N–H and O–H groups in total. The Balaban J connectivity index is 1.82. The number of aliphatic hydroxyl groups is 1. The van der Waals surface area contributed by atoms with Crippen LogP contribution in [0.1, 0.15) is 55.6 Å². The van der Waals surface area contributed by atoms with E-state index < -0.39 is 11.4 Å². The highest BCUT2D eigenvalue weighted by Crippen LogP contribution is 2.61. The zero-order chi connectivity index (χ0) is 13.6. The lowest BCUT2D eigenvalue weighted by molar-refractivity contribution is -0.365. The van der Waals surface area contributed by atoms with E-state index in [0.717, 1.165) is 31.2 Å². The molecule has 0 aromatic heterocycles. The van der Waals surface area contributed by atoms with Gasteiger partial charge in [0, 0.05) is 12.3 Å². The first kappa shape index (κ1) is 12.8. The Morgan fingerprint density at radius 2 is 1.80 bits per heavy atom. The summed E-state index contributed by atoms with van der Waals surface area (Å²) in [6, 6.07) is 8.25. The van der Waals surface area contributed by atoms with E-state index in [9.17, 15) is 5.11 Å². The molecule has 1 heterocycles. The molecule has 4 rings (SSSR count). The van der Waals surface area contributed by atoms with Crippen LogP contribution < -0.4 is 0 Å². The fourth-order valence-corrected chi connectivity index (χ4v) is 4.33. The summed E-state index contributed by atoms with van der Waals surface area (Å²) in [6.07, 6.45) is 6.19. The molecule has 3 heteroatoms. The number of fused-ring (bicyclic) bond motifs is 5. The van der Waals surface area contributed by atoms with Gasteiger partial charge in [0.05, 0.1) is 13.2 Å². The van der Waals surface area contributed by atoms with Gasteiger partial charge in [0.2, 0.25) is 5.79 Å². The fraction of sp³-hybridized carbons (Fsp3) is 0.647. The number of hydrogen-bond acceptors (Lipinski definition) is 3. The molecule has 20 heavy (non-hydrogen) atoms. The molecule has 0 unspecified atom stereocenters. The number of benzene rings is 1. The van der Waals surface area contributed by atoms with Crippen molar-refractivity contribution < 1.29 is 14.6 Å². The van der Waals surface area contributed by atoms with E-state index in [-0.39, 0.29) is 5.92 Å². The van der Waals surface area contributed by atoms with Crippen molar-refractivity contribution in [1.82, 2.24) is 0 Å². The molecule has 0 amide bonds. The summed E-state index contributed by atoms with van der Waals surface area (Å²) in [5, 5.41) is 11.5. The van der Waals surface area contributed by atoms with Crippen LogP contribution in [-0.4, -0.2) is 24.1 Å². The molecular formula is C17H22O3. The summed E-state index contributed by atoms with van der Waals surface area (Å²) < 4.78 is 12.1. The van der Waals surface area contributed by atoms with Gasteiger partial charge in [-0.2, -0.15) is 0 Å². The minimum atomic E-state index is -0.954. The molecule has 3 nitrogen and oxygen atoms in total. The molecule has 1 aromatic carbocycles. The van der Waals surface area contributed by atoms with Gasteiger partial charge in [0.25, 0.3) is 0 Å². The minimum absolute atomic E-state index is 0.164. The van der Waals surface area contributed by atoms with E-state index in [0.29, 0.717) is 13.2 Å². The normalized spacial score (nSPS) is 35.4.